The zero-order valence-electron chi connectivity index (χ0n) is 14.0. The molecule has 1 aromatic carbocycles. The van der Waals surface area contributed by atoms with Gasteiger partial charge in [0.15, 0.2) is 0 Å². The van der Waals surface area contributed by atoms with Gasteiger partial charge >= 0.3 is 0 Å². The Labute approximate surface area is 136 Å². The predicted octanol–water partition coefficient (Wildman–Crippen LogP) is 2.56. The highest BCUT2D eigenvalue weighted by molar-refractivity contribution is 5.95. The Morgan fingerprint density at radius 3 is 2.52 bits per heavy atom. The van der Waals surface area contributed by atoms with Crippen LogP contribution in [0.5, 0.6) is 0 Å². The number of aromatic nitrogens is 1. The minimum absolute atomic E-state index is 0.142. The number of piperazine rings is 1. The van der Waals surface area contributed by atoms with E-state index < -0.39 is 0 Å². The molecule has 1 fully saturated rings. The Kier molecular flexibility index (Phi) is 4.48. The van der Waals surface area contributed by atoms with Gasteiger partial charge in [-0.1, -0.05) is 22.9 Å². The molecule has 0 spiro atoms. The number of carbonyl (C=O) groups excluding carboxylic acids is 1. The van der Waals surface area contributed by atoms with Gasteiger partial charge in [0.25, 0.3) is 5.91 Å². The third kappa shape index (κ3) is 3.62. The number of rotatable bonds is 3. The zero-order valence-corrected chi connectivity index (χ0v) is 14.0. The number of carbonyl (C=O) groups is 1. The molecule has 23 heavy (non-hydrogen) atoms. The van der Waals surface area contributed by atoms with Crippen LogP contribution in [0.25, 0.3) is 0 Å². The maximum atomic E-state index is 12.7. The number of nitrogens with zero attached hydrogens (tertiary/aromatic N) is 3. The van der Waals surface area contributed by atoms with Crippen LogP contribution < -0.4 is 0 Å². The molecule has 1 amide bonds. The lowest BCUT2D eigenvalue weighted by molar-refractivity contribution is 0.0625. The predicted molar refractivity (Wildman–Crippen MR) is 88.3 cm³/mol. The molecular formula is C18H23N3O2. The first-order chi connectivity index (χ1) is 11.0. The topological polar surface area (TPSA) is 49.6 Å². The highest BCUT2D eigenvalue weighted by Gasteiger charge is 2.23. The van der Waals surface area contributed by atoms with Gasteiger partial charge in [-0.2, -0.15) is 0 Å². The smallest absolute Gasteiger partial charge is 0.254 e. The SMILES string of the molecule is Cc1ccc(C)c(C(=O)N2CCN(Cc3cc(C)on3)CC2)c1. The summed E-state index contributed by atoms with van der Waals surface area (Å²) in [7, 11) is 0. The van der Waals surface area contributed by atoms with Crippen molar-refractivity contribution in [3.05, 3.63) is 52.4 Å². The third-order valence-electron chi connectivity index (χ3n) is 4.35. The summed E-state index contributed by atoms with van der Waals surface area (Å²) < 4.78 is 5.11. The van der Waals surface area contributed by atoms with Crippen molar-refractivity contribution in [2.45, 2.75) is 27.3 Å². The van der Waals surface area contributed by atoms with Crippen molar-refractivity contribution in [1.82, 2.24) is 15.0 Å². The van der Waals surface area contributed by atoms with Crippen molar-refractivity contribution in [1.29, 1.82) is 0 Å². The van der Waals surface area contributed by atoms with Crippen molar-refractivity contribution >= 4 is 5.91 Å². The molecule has 5 nitrogen and oxygen atoms in total. The van der Waals surface area contributed by atoms with Gasteiger partial charge in [-0.05, 0) is 32.4 Å². The number of benzene rings is 1. The lowest BCUT2D eigenvalue weighted by Gasteiger charge is -2.34. The highest BCUT2D eigenvalue weighted by atomic mass is 16.5. The van der Waals surface area contributed by atoms with Gasteiger partial charge in [-0.3, -0.25) is 9.69 Å². The number of amides is 1. The molecule has 2 heterocycles. The van der Waals surface area contributed by atoms with Crippen LogP contribution in [-0.2, 0) is 6.54 Å². The van der Waals surface area contributed by atoms with Crippen LogP contribution in [0.3, 0.4) is 0 Å². The normalized spacial score (nSPS) is 15.9. The summed E-state index contributed by atoms with van der Waals surface area (Å²) in [6, 6.07) is 8.02. The number of hydrogen-bond donors (Lipinski definition) is 0. The maximum absolute atomic E-state index is 12.7. The summed E-state index contributed by atoms with van der Waals surface area (Å²) in [6.45, 7) is 9.93. The van der Waals surface area contributed by atoms with E-state index in [0.29, 0.717) is 0 Å². The standard InChI is InChI=1S/C18H23N3O2/c1-13-4-5-14(2)17(10-13)18(22)21-8-6-20(7-9-21)12-16-11-15(3)23-19-16/h4-5,10-11H,6-9,12H2,1-3H3. The van der Waals surface area contributed by atoms with Crippen molar-refractivity contribution in [2.75, 3.05) is 26.2 Å². The van der Waals surface area contributed by atoms with Crippen molar-refractivity contribution in [2.24, 2.45) is 0 Å². The van der Waals surface area contributed by atoms with Crippen molar-refractivity contribution in [3.63, 3.8) is 0 Å². The molecule has 1 aromatic heterocycles. The molecule has 0 saturated carbocycles. The molecule has 0 radical (unpaired) electrons. The first-order valence-corrected chi connectivity index (χ1v) is 8.04. The van der Waals surface area contributed by atoms with E-state index in [2.05, 4.69) is 10.1 Å². The molecule has 3 rings (SSSR count). The summed E-state index contributed by atoms with van der Waals surface area (Å²) >= 11 is 0. The molecule has 0 unspecified atom stereocenters. The molecule has 0 bridgehead atoms. The second-order valence-corrected chi connectivity index (χ2v) is 6.32. The van der Waals surface area contributed by atoms with Gasteiger partial charge < -0.3 is 9.42 Å². The summed E-state index contributed by atoms with van der Waals surface area (Å²) in [6.07, 6.45) is 0. The monoisotopic (exact) mass is 313 g/mol. The summed E-state index contributed by atoms with van der Waals surface area (Å²) in [5, 5.41) is 4.04. The first kappa shape index (κ1) is 15.7. The second kappa shape index (κ2) is 6.54. The van der Waals surface area contributed by atoms with Crippen molar-refractivity contribution in [3.8, 4) is 0 Å². The summed E-state index contributed by atoms with van der Waals surface area (Å²) in [5.41, 5.74) is 3.95. The Morgan fingerprint density at radius 2 is 1.87 bits per heavy atom. The lowest BCUT2D eigenvalue weighted by Crippen LogP contribution is -2.48. The lowest BCUT2D eigenvalue weighted by atomic mass is 10.0. The molecular weight excluding hydrogens is 290 g/mol. The molecule has 1 aliphatic heterocycles. The van der Waals surface area contributed by atoms with Gasteiger partial charge in [0, 0.05) is 44.4 Å². The Morgan fingerprint density at radius 1 is 1.13 bits per heavy atom. The van der Waals surface area contributed by atoms with Crippen molar-refractivity contribution < 1.29 is 9.32 Å². The van der Waals surface area contributed by atoms with E-state index in [1.165, 1.54) is 0 Å². The van der Waals surface area contributed by atoms with E-state index in [1.807, 2.05) is 49.9 Å². The van der Waals surface area contributed by atoms with E-state index in [1.54, 1.807) is 0 Å². The molecule has 1 aliphatic rings. The van der Waals surface area contributed by atoms with Gasteiger partial charge in [-0.15, -0.1) is 0 Å². The van der Waals surface area contributed by atoms with Crippen LogP contribution >= 0.6 is 0 Å². The van der Waals surface area contributed by atoms with Crippen LogP contribution in [0.2, 0.25) is 0 Å². The fourth-order valence-corrected chi connectivity index (χ4v) is 2.97. The maximum Gasteiger partial charge on any atom is 0.254 e. The average molecular weight is 313 g/mol. The average Bonchev–Trinajstić information content (AvgIpc) is 2.95. The second-order valence-electron chi connectivity index (χ2n) is 6.32. The van der Waals surface area contributed by atoms with Gasteiger partial charge in [0.2, 0.25) is 0 Å². The van der Waals surface area contributed by atoms with Gasteiger partial charge in [-0.25, -0.2) is 0 Å². The van der Waals surface area contributed by atoms with Crippen LogP contribution in [0.4, 0.5) is 0 Å². The Hall–Kier alpha value is -2.14. The highest BCUT2D eigenvalue weighted by Crippen LogP contribution is 2.16. The number of hydrogen-bond acceptors (Lipinski definition) is 4. The van der Waals surface area contributed by atoms with E-state index >= 15 is 0 Å². The van der Waals surface area contributed by atoms with E-state index in [-0.39, 0.29) is 5.91 Å². The number of aryl methyl sites for hydroxylation is 3. The molecule has 122 valence electrons. The van der Waals surface area contributed by atoms with Crippen LogP contribution in [-0.4, -0.2) is 47.0 Å². The Bertz CT molecular complexity index is 700. The van der Waals surface area contributed by atoms with Gasteiger partial charge in [0.05, 0.1) is 5.69 Å². The fourth-order valence-electron chi connectivity index (χ4n) is 2.97. The minimum Gasteiger partial charge on any atom is -0.361 e. The van der Waals surface area contributed by atoms with E-state index in [9.17, 15) is 4.79 Å². The quantitative estimate of drug-likeness (QED) is 0.874. The summed E-state index contributed by atoms with van der Waals surface area (Å²) in [4.78, 5) is 17.0. The van der Waals surface area contributed by atoms with E-state index in [4.69, 9.17) is 4.52 Å². The minimum atomic E-state index is 0.142. The zero-order chi connectivity index (χ0) is 16.4. The van der Waals surface area contributed by atoms with E-state index in [0.717, 1.165) is 60.9 Å². The molecule has 1 saturated heterocycles. The molecule has 2 aromatic rings. The first-order valence-electron chi connectivity index (χ1n) is 8.04. The molecule has 0 atom stereocenters. The van der Waals surface area contributed by atoms with Crippen LogP contribution in [0.1, 0.15) is 32.9 Å². The molecule has 0 aliphatic carbocycles. The summed E-state index contributed by atoms with van der Waals surface area (Å²) in [5.74, 6) is 0.979. The molecule has 5 heteroatoms. The third-order valence-corrected chi connectivity index (χ3v) is 4.35. The molecule has 0 N–H and O–H groups in total. The van der Waals surface area contributed by atoms with Crippen LogP contribution in [0, 0.1) is 20.8 Å². The largest absolute Gasteiger partial charge is 0.361 e. The Balaban J connectivity index is 1.60. The van der Waals surface area contributed by atoms with Gasteiger partial charge in [0.1, 0.15) is 5.76 Å². The van der Waals surface area contributed by atoms with Crippen LogP contribution in [0.15, 0.2) is 28.8 Å². The fraction of sp³-hybridized carbons (Fsp3) is 0.444.